The number of amides is 1. The maximum atomic E-state index is 13.4. The molecule has 1 aliphatic rings. The highest BCUT2D eigenvalue weighted by molar-refractivity contribution is 5.91. The van der Waals surface area contributed by atoms with Gasteiger partial charge in [0.25, 0.3) is 0 Å². The van der Waals surface area contributed by atoms with Crippen LogP contribution in [0.15, 0.2) is 72.8 Å². The number of aliphatic hydroxyl groups is 1. The molecule has 4 nitrogen and oxygen atoms in total. The Labute approximate surface area is 179 Å². The Morgan fingerprint density at radius 3 is 2.03 bits per heavy atom. The van der Waals surface area contributed by atoms with Gasteiger partial charge in [0.1, 0.15) is 17.4 Å². The third-order valence-electron chi connectivity index (χ3n) is 5.79. The van der Waals surface area contributed by atoms with Gasteiger partial charge in [-0.1, -0.05) is 36.4 Å². The fourth-order valence-electron chi connectivity index (χ4n) is 4.08. The minimum absolute atomic E-state index is 0.0706. The summed E-state index contributed by atoms with van der Waals surface area (Å²) in [6.07, 6.45) is -0.491. The Kier molecular flexibility index (Phi) is 6.00. The Bertz CT molecular complexity index is 1040. The first kappa shape index (κ1) is 21.0. The molecule has 1 N–H and O–H groups in total. The predicted molar refractivity (Wildman–Crippen MR) is 113 cm³/mol. The molecular weight excluding hydrogens is 400 g/mol. The van der Waals surface area contributed by atoms with Gasteiger partial charge in [0.15, 0.2) is 0 Å². The maximum Gasteiger partial charge on any atom is 0.233 e. The van der Waals surface area contributed by atoms with E-state index < -0.39 is 12.0 Å². The quantitative estimate of drug-likeness (QED) is 0.558. The fourth-order valence-corrected chi connectivity index (χ4v) is 4.08. The number of rotatable bonds is 7. The molecule has 0 bridgehead atoms. The van der Waals surface area contributed by atoms with Crippen LogP contribution in [0, 0.1) is 11.6 Å². The average molecular weight is 423 g/mol. The third kappa shape index (κ3) is 4.30. The van der Waals surface area contributed by atoms with Crippen molar-refractivity contribution in [3.63, 3.8) is 0 Å². The lowest BCUT2D eigenvalue weighted by Gasteiger charge is -2.48. The summed E-state index contributed by atoms with van der Waals surface area (Å²) in [5.74, 6) is -0.493. The number of ether oxygens (including phenoxy) is 1. The van der Waals surface area contributed by atoms with Crippen molar-refractivity contribution in [2.75, 3.05) is 13.7 Å². The van der Waals surface area contributed by atoms with E-state index in [1.807, 2.05) is 24.3 Å². The maximum absolute atomic E-state index is 13.4. The molecule has 1 heterocycles. The molecule has 0 radical (unpaired) electrons. The summed E-state index contributed by atoms with van der Waals surface area (Å²) in [4.78, 5) is 14.7. The number of hydrogen-bond donors (Lipinski definition) is 1. The number of likely N-dealkylation sites (tertiary alicyclic amines) is 1. The number of carbonyl (C=O) groups is 1. The minimum atomic E-state index is -0.810. The van der Waals surface area contributed by atoms with Crippen molar-refractivity contribution in [2.24, 2.45) is 0 Å². The van der Waals surface area contributed by atoms with Crippen LogP contribution >= 0.6 is 0 Å². The van der Waals surface area contributed by atoms with E-state index in [0.717, 1.165) is 11.1 Å². The molecule has 6 heteroatoms. The number of hydrogen-bond acceptors (Lipinski definition) is 3. The highest BCUT2D eigenvalue weighted by Crippen LogP contribution is 2.47. The van der Waals surface area contributed by atoms with Crippen LogP contribution in [0.5, 0.6) is 5.75 Å². The fraction of sp³-hybridized carbons (Fsp3) is 0.240. The van der Waals surface area contributed by atoms with Gasteiger partial charge in [-0.15, -0.1) is 0 Å². The molecule has 3 aromatic rings. The topological polar surface area (TPSA) is 49.8 Å². The molecule has 1 amide bonds. The van der Waals surface area contributed by atoms with E-state index in [1.54, 1.807) is 36.3 Å². The van der Waals surface area contributed by atoms with E-state index in [1.165, 1.54) is 24.3 Å². The highest BCUT2D eigenvalue weighted by atomic mass is 19.1. The van der Waals surface area contributed by atoms with E-state index in [9.17, 15) is 18.7 Å². The van der Waals surface area contributed by atoms with Crippen LogP contribution in [0.25, 0.3) is 0 Å². The first-order valence-corrected chi connectivity index (χ1v) is 10.1. The van der Waals surface area contributed by atoms with Crippen molar-refractivity contribution in [3.8, 4) is 5.75 Å². The Hall–Kier alpha value is -3.25. The van der Waals surface area contributed by atoms with Gasteiger partial charge in [-0.3, -0.25) is 4.79 Å². The van der Waals surface area contributed by atoms with Crippen molar-refractivity contribution in [2.45, 2.75) is 24.5 Å². The normalized spacial score (nSPS) is 19.1. The standard InChI is InChI=1S/C25H23F2NO3/c1-31-21-12-6-18(7-13-21)24-23(17-4-10-20(27)11-5-17)25(30)28(24)15-14-22(29)16-2-8-19(26)9-3-16/h2-13,22-24,29H,14-15H2,1H3/t22-,23-,24-/m1/s1. The summed E-state index contributed by atoms with van der Waals surface area (Å²) >= 11 is 0. The van der Waals surface area contributed by atoms with Crippen molar-refractivity contribution in [1.29, 1.82) is 0 Å². The molecular formula is C25H23F2NO3. The van der Waals surface area contributed by atoms with E-state index in [2.05, 4.69) is 0 Å². The number of halogens is 2. The van der Waals surface area contributed by atoms with Gasteiger partial charge in [0.05, 0.1) is 25.2 Å². The van der Waals surface area contributed by atoms with Gasteiger partial charge >= 0.3 is 0 Å². The second kappa shape index (κ2) is 8.86. The van der Waals surface area contributed by atoms with Crippen LogP contribution in [0.3, 0.4) is 0 Å². The van der Waals surface area contributed by atoms with Gasteiger partial charge in [-0.2, -0.15) is 0 Å². The van der Waals surface area contributed by atoms with E-state index in [0.29, 0.717) is 24.3 Å². The van der Waals surface area contributed by atoms with Crippen LogP contribution in [0.1, 0.15) is 41.2 Å². The second-order valence-electron chi connectivity index (χ2n) is 7.63. The second-order valence-corrected chi connectivity index (χ2v) is 7.63. The van der Waals surface area contributed by atoms with Crippen molar-refractivity contribution < 1.29 is 23.4 Å². The summed E-state index contributed by atoms with van der Waals surface area (Å²) in [6.45, 7) is 0.339. The van der Waals surface area contributed by atoms with Crippen molar-refractivity contribution in [3.05, 3.63) is 101 Å². The number of methoxy groups -OCH3 is 1. The number of β-lactam (4-membered cyclic amide) rings is 1. The Morgan fingerprint density at radius 1 is 0.903 bits per heavy atom. The molecule has 0 saturated carbocycles. The van der Waals surface area contributed by atoms with Crippen molar-refractivity contribution in [1.82, 2.24) is 4.90 Å². The zero-order valence-corrected chi connectivity index (χ0v) is 17.0. The SMILES string of the molecule is COc1ccc([C@@H]2[C@@H](c3ccc(F)cc3)C(=O)N2CC[C@@H](O)c2ccc(F)cc2)cc1. The number of carbonyl (C=O) groups excluding carboxylic acids is 1. The predicted octanol–water partition coefficient (Wildman–Crippen LogP) is 4.76. The summed E-state index contributed by atoms with van der Waals surface area (Å²) in [6, 6.07) is 18.9. The van der Waals surface area contributed by atoms with Gasteiger partial charge in [-0.25, -0.2) is 8.78 Å². The van der Waals surface area contributed by atoms with E-state index >= 15 is 0 Å². The summed E-state index contributed by atoms with van der Waals surface area (Å²) in [7, 11) is 1.59. The molecule has 4 rings (SSSR count). The molecule has 3 aromatic carbocycles. The Balaban J connectivity index is 1.55. The van der Waals surface area contributed by atoms with E-state index in [-0.39, 0.29) is 23.6 Å². The molecule has 0 aliphatic carbocycles. The molecule has 31 heavy (non-hydrogen) atoms. The molecule has 1 fully saturated rings. The molecule has 160 valence electrons. The lowest BCUT2D eigenvalue weighted by atomic mass is 9.77. The summed E-state index contributed by atoms with van der Waals surface area (Å²) < 4.78 is 31.7. The number of benzene rings is 3. The first-order valence-electron chi connectivity index (χ1n) is 10.1. The highest BCUT2D eigenvalue weighted by Gasteiger charge is 2.48. The van der Waals surface area contributed by atoms with Crippen LogP contribution in [-0.2, 0) is 4.79 Å². The summed E-state index contributed by atoms with van der Waals surface area (Å²) in [5.41, 5.74) is 2.29. The number of nitrogens with zero attached hydrogens (tertiary/aromatic N) is 1. The van der Waals surface area contributed by atoms with Gasteiger partial charge in [-0.05, 0) is 59.5 Å². The molecule has 0 aromatic heterocycles. The molecule has 3 atom stereocenters. The van der Waals surface area contributed by atoms with Gasteiger partial charge in [0.2, 0.25) is 5.91 Å². The largest absolute Gasteiger partial charge is 0.497 e. The molecule has 1 saturated heterocycles. The third-order valence-corrected chi connectivity index (χ3v) is 5.79. The molecule has 1 aliphatic heterocycles. The zero-order chi connectivity index (χ0) is 22.0. The van der Waals surface area contributed by atoms with Crippen LogP contribution in [0.4, 0.5) is 8.78 Å². The summed E-state index contributed by atoms with van der Waals surface area (Å²) in [5, 5.41) is 10.5. The lowest BCUT2D eigenvalue weighted by molar-refractivity contribution is -0.151. The van der Waals surface area contributed by atoms with Gasteiger partial charge in [0, 0.05) is 6.54 Å². The monoisotopic (exact) mass is 423 g/mol. The minimum Gasteiger partial charge on any atom is -0.497 e. The lowest BCUT2D eigenvalue weighted by Crippen LogP contribution is -2.53. The number of aliphatic hydroxyl groups excluding tert-OH is 1. The molecule has 0 unspecified atom stereocenters. The molecule has 0 spiro atoms. The first-order chi connectivity index (χ1) is 15.0. The zero-order valence-electron chi connectivity index (χ0n) is 17.0. The smallest absolute Gasteiger partial charge is 0.233 e. The average Bonchev–Trinajstić information content (AvgIpc) is 2.79. The van der Waals surface area contributed by atoms with Crippen LogP contribution in [0.2, 0.25) is 0 Å². The van der Waals surface area contributed by atoms with Crippen LogP contribution < -0.4 is 4.74 Å². The Morgan fingerprint density at radius 2 is 1.45 bits per heavy atom. The van der Waals surface area contributed by atoms with Gasteiger partial charge < -0.3 is 14.7 Å². The van der Waals surface area contributed by atoms with E-state index in [4.69, 9.17) is 4.74 Å². The van der Waals surface area contributed by atoms with Crippen LogP contribution in [-0.4, -0.2) is 29.6 Å². The van der Waals surface area contributed by atoms with Crippen molar-refractivity contribution >= 4 is 5.91 Å².